The van der Waals surface area contributed by atoms with E-state index in [2.05, 4.69) is 10.2 Å². The molecule has 0 spiro atoms. The number of carbonyl (C=O) groups excluding carboxylic acids is 1. The van der Waals surface area contributed by atoms with Gasteiger partial charge in [0.2, 0.25) is 5.91 Å². The van der Waals surface area contributed by atoms with Gasteiger partial charge >= 0.3 is 0 Å². The van der Waals surface area contributed by atoms with Gasteiger partial charge in [-0.1, -0.05) is 12.1 Å². The molecule has 1 amide bonds. The van der Waals surface area contributed by atoms with Gasteiger partial charge < -0.3 is 19.4 Å². The number of amides is 1. The van der Waals surface area contributed by atoms with Crippen LogP contribution in [0, 0.1) is 0 Å². The zero-order valence-corrected chi connectivity index (χ0v) is 14.6. The van der Waals surface area contributed by atoms with E-state index >= 15 is 0 Å². The zero-order valence-electron chi connectivity index (χ0n) is 14.6. The molecule has 1 aromatic carbocycles. The summed E-state index contributed by atoms with van der Waals surface area (Å²) in [5, 5.41) is 3.01. The molecule has 5 heteroatoms. The second-order valence-corrected chi connectivity index (χ2v) is 5.86. The Labute approximate surface area is 143 Å². The number of nitrogens with one attached hydrogen (secondary N) is 1. The number of benzene rings is 1. The lowest BCUT2D eigenvalue weighted by molar-refractivity contribution is -0.121. The molecule has 130 valence electrons. The van der Waals surface area contributed by atoms with Crippen molar-refractivity contribution in [3.05, 3.63) is 54.0 Å². The number of hydrogen-bond acceptors (Lipinski definition) is 4. The van der Waals surface area contributed by atoms with Crippen LogP contribution in [0.4, 0.5) is 0 Å². The molecule has 0 saturated carbocycles. The molecule has 0 fully saturated rings. The second-order valence-electron chi connectivity index (χ2n) is 5.86. The third kappa shape index (κ3) is 5.42. The van der Waals surface area contributed by atoms with Crippen LogP contribution in [0.25, 0.3) is 0 Å². The smallest absolute Gasteiger partial charge is 0.220 e. The first-order valence-corrected chi connectivity index (χ1v) is 8.28. The lowest BCUT2D eigenvalue weighted by atomic mass is 10.1. The number of nitrogens with zero attached hydrogens (tertiary/aromatic N) is 1. The molecule has 1 N–H and O–H groups in total. The van der Waals surface area contributed by atoms with E-state index in [1.54, 1.807) is 6.26 Å². The molecular weight excluding hydrogens is 304 g/mol. The van der Waals surface area contributed by atoms with Crippen molar-refractivity contribution in [2.45, 2.75) is 25.8 Å². The third-order valence-electron chi connectivity index (χ3n) is 3.87. The summed E-state index contributed by atoms with van der Waals surface area (Å²) in [6.45, 7) is 3.19. The summed E-state index contributed by atoms with van der Waals surface area (Å²) in [7, 11) is 4.02. The maximum atomic E-state index is 12.0. The maximum Gasteiger partial charge on any atom is 0.220 e. The first kappa shape index (κ1) is 18.1. The first-order valence-electron chi connectivity index (χ1n) is 8.28. The Kier molecular flexibility index (Phi) is 6.88. The van der Waals surface area contributed by atoms with Gasteiger partial charge in [0.05, 0.1) is 18.9 Å². The molecule has 1 aromatic heterocycles. The van der Waals surface area contributed by atoms with Crippen LogP contribution in [0.15, 0.2) is 47.1 Å². The SMILES string of the molecule is CCOc1ccc(C(CNC(=O)CCc2ccco2)N(C)C)cc1. The number of furan rings is 1. The molecule has 2 aromatic rings. The lowest BCUT2D eigenvalue weighted by Gasteiger charge is -2.25. The fourth-order valence-electron chi connectivity index (χ4n) is 2.54. The highest BCUT2D eigenvalue weighted by atomic mass is 16.5. The molecule has 1 unspecified atom stereocenters. The molecule has 1 atom stereocenters. The molecule has 0 bridgehead atoms. The van der Waals surface area contributed by atoms with Crippen molar-refractivity contribution in [1.29, 1.82) is 0 Å². The number of rotatable bonds is 9. The minimum Gasteiger partial charge on any atom is -0.494 e. The van der Waals surface area contributed by atoms with E-state index in [4.69, 9.17) is 9.15 Å². The van der Waals surface area contributed by atoms with E-state index in [0.717, 1.165) is 17.1 Å². The third-order valence-corrected chi connectivity index (χ3v) is 3.87. The fourth-order valence-corrected chi connectivity index (χ4v) is 2.54. The van der Waals surface area contributed by atoms with Gasteiger partial charge in [-0.25, -0.2) is 0 Å². The molecule has 2 rings (SSSR count). The van der Waals surface area contributed by atoms with Crippen molar-refractivity contribution < 1.29 is 13.9 Å². The summed E-state index contributed by atoms with van der Waals surface area (Å²) >= 11 is 0. The highest BCUT2D eigenvalue weighted by Crippen LogP contribution is 2.21. The van der Waals surface area contributed by atoms with Crippen molar-refractivity contribution in [2.24, 2.45) is 0 Å². The number of aryl methyl sites for hydroxylation is 1. The molecule has 0 aliphatic rings. The molecule has 0 aliphatic carbocycles. The van der Waals surface area contributed by atoms with Crippen molar-refractivity contribution in [2.75, 3.05) is 27.2 Å². The van der Waals surface area contributed by atoms with Gasteiger partial charge in [-0.05, 0) is 50.8 Å². The van der Waals surface area contributed by atoms with E-state index < -0.39 is 0 Å². The standard InChI is InChI=1S/C19H26N2O3/c1-4-23-17-9-7-15(8-10-17)18(21(2)3)14-20-19(22)12-11-16-6-5-13-24-16/h5-10,13,18H,4,11-12,14H2,1-3H3,(H,20,22). The Bertz CT molecular complexity index is 606. The molecule has 0 aliphatic heterocycles. The van der Waals surface area contributed by atoms with Gasteiger partial charge in [-0.15, -0.1) is 0 Å². The van der Waals surface area contributed by atoms with Gasteiger partial charge in [0.15, 0.2) is 0 Å². The summed E-state index contributed by atoms with van der Waals surface area (Å²) in [6.07, 6.45) is 2.67. The van der Waals surface area contributed by atoms with Crippen LogP contribution in [0.3, 0.4) is 0 Å². The molecule has 0 saturated heterocycles. The minimum atomic E-state index is 0.0317. The van der Waals surface area contributed by atoms with Gasteiger partial charge in [-0.2, -0.15) is 0 Å². The van der Waals surface area contributed by atoms with Crippen LogP contribution < -0.4 is 10.1 Å². The lowest BCUT2D eigenvalue weighted by Crippen LogP contribution is -2.34. The summed E-state index contributed by atoms with van der Waals surface area (Å²) in [5.41, 5.74) is 1.15. The summed E-state index contributed by atoms with van der Waals surface area (Å²) in [6, 6.07) is 11.9. The monoisotopic (exact) mass is 330 g/mol. The average molecular weight is 330 g/mol. The van der Waals surface area contributed by atoms with Crippen LogP contribution in [-0.2, 0) is 11.2 Å². The van der Waals surface area contributed by atoms with E-state index in [-0.39, 0.29) is 11.9 Å². The number of hydrogen-bond donors (Lipinski definition) is 1. The number of ether oxygens (including phenoxy) is 1. The maximum absolute atomic E-state index is 12.0. The Morgan fingerprint density at radius 2 is 2.00 bits per heavy atom. The van der Waals surface area contributed by atoms with Crippen LogP contribution >= 0.6 is 0 Å². The second kappa shape index (κ2) is 9.13. The van der Waals surface area contributed by atoms with Gasteiger partial charge in [0.25, 0.3) is 0 Å². The van der Waals surface area contributed by atoms with E-state index in [1.165, 1.54) is 0 Å². The van der Waals surface area contributed by atoms with Crippen molar-refractivity contribution >= 4 is 5.91 Å². The highest BCUT2D eigenvalue weighted by Gasteiger charge is 2.15. The zero-order chi connectivity index (χ0) is 17.4. The van der Waals surface area contributed by atoms with Crippen molar-refractivity contribution in [3.63, 3.8) is 0 Å². The highest BCUT2D eigenvalue weighted by molar-refractivity contribution is 5.76. The van der Waals surface area contributed by atoms with E-state index in [0.29, 0.717) is 26.0 Å². The number of likely N-dealkylation sites (N-methyl/N-ethyl adjacent to an activating group) is 1. The Morgan fingerprint density at radius 1 is 1.25 bits per heavy atom. The summed E-state index contributed by atoms with van der Waals surface area (Å²) in [4.78, 5) is 14.1. The molecule has 24 heavy (non-hydrogen) atoms. The summed E-state index contributed by atoms with van der Waals surface area (Å²) in [5.74, 6) is 1.73. The average Bonchev–Trinajstić information content (AvgIpc) is 3.08. The molecule has 0 radical (unpaired) electrons. The normalized spacial score (nSPS) is 12.2. The largest absolute Gasteiger partial charge is 0.494 e. The van der Waals surface area contributed by atoms with Crippen LogP contribution in [-0.4, -0.2) is 38.1 Å². The van der Waals surface area contributed by atoms with Gasteiger partial charge in [0.1, 0.15) is 11.5 Å². The number of carbonyl (C=O) groups is 1. The fraction of sp³-hybridized carbons (Fsp3) is 0.421. The molecular formula is C19H26N2O3. The molecule has 1 heterocycles. The topological polar surface area (TPSA) is 54.7 Å². The van der Waals surface area contributed by atoms with E-state index in [9.17, 15) is 4.79 Å². The van der Waals surface area contributed by atoms with Gasteiger partial charge in [-0.3, -0.25) is 4.79 Å². The van der Waals surface area contributed by atoms with Crippen molar-refractivity contribution in [3.8, 4) is 5.75 Å². The Hall–Kier alpha value is -2.27. The Balaban J connectivity index is 1.87. The van der Waals surface area contributed by atoms with E-state index in [1.807, 2.05) is 57.4 Å². The van der Waals surface area contributed by atoms with Crippen LogP contribution in [0.5, 0.6) is 5.75 Å². The quantitative estimate of drug-likeness (QED) is 0.768. The minimum absolute atomic E-state index is 0.0317. The van der Waals surface area contributed by atoms with Crippen LogP contribution in [0.2, 0.25) is 0 Å². The Morgan fingerprint density at radius 3 is 2.58 bits per heavy atom. The van der Waals surface area contributed by atoms with Crippen molar-refractivity contribution in [1.82, 2.24) is 10.2 Å². The van der Waals surface area contributed by atoms with Gasteiger partial charge in [0, 0.05) is 19.4 Å². The predicted octanol–water partition coefficient (Wildman–Crippen LogP) is 3.03. The predicted molar refractivity (Wildman–Crippen MR) is 94.1 cm³/mol. The van der Waals surface area contributed by atoms with Crippen LogP contribution in [0.1, 0.15) is 30.7 Å². The molecule has 5 nitrogen and oxygen atoms in total. The summed E-state index contributed by atoms with van der Waals surface area (Å²) < 4.78 is 10.7. The first-order chi connectivity index (χ1) is 11.6.